The van der Waals surface area contributed by atoms with Crippen LogP contribution >= 0.6 is 0 Å². The molecular formula is C16H16N2O5S. The van der Waals surface area contributed by atoms with E-state index in [2.05, 4.69) is 10.0 Å². The standard InChI is InChI=1S/C16H16N2O5S/c1-24(20,21)18-13-5-3-2-4-12(13)16(19)17-9-11-6-7-14-15(8-11)23-10-22-14/h2-8,18H,9-10H2,1H3,(H,17,19). The van der Waals surface area contributed by atoms with E-state index in [1.165, 1.54) is 6.07 Å². The minimum atomic E-state index is -3.47. The maximum atomic E-state index is 12.4. The molecule has 1 aliphatic heterocycles. The first-order chi connectivity index (χ1) is 11.4. The number of ether oxygens (including phenoxy) is 2. The van der Waals surface area contributed by atoms with Gasteiger partial charge in [-0.3, -0.25) is 9.52 Å². The minimum absolute atomic E-state index is 0.190. The minimum Gasteiger partial charge on any atom is -0.454 e. The molecule has 0 bridgehead atoms. The number of hydrogen-bond donors (Lipinski definition) is 2. The quantitative estimate of drug-likeness (QED) is 0.858. The molecule has 8 heteroatoms. The number of hydrogen-bond acceptors (Lipinski definition) is 5. The third-order valence-electron chi connectivity index (χ3n) is 3.36. The summed E-state index contributed by atoms with van der Waals surface area (Å²) in [6, 6.07) is 11.8. The zero-order valence-corrected chi connectivity index (χ0v) is 13.7. The number of benzene rings is 2. The molecule has 0 saturated carbocycles. The van der Waals surface area contributed by atoms with Gasteiger partial charge in [-0.2, -0.15) is 0 Å². The lowest BCUT2D eigenvalue weighted by Crippen LogP contribution is -2.24. The second-order valence-electron chi connectivity index (χ2n) is 5.29. The summed E-state index contributed by atoms with van der Waals surface area (Å²) in [6.07, 6.45) is 1.04. The Morgan fingerprint density at radius 2 is 1.88 bits per heavy atom. The number of carbonyl (C=O) groups excluding carboxylic acids is 1. The third kappa shape index (κ3) is 3.77. The molecule has 0 aliphatic carbocycles. The van der Waals surface area contributed by atoms with Gasteiger partial charge in [0.2, 0.25) is 16.8 Å². The SMILES string of the molecule is CS(=O)(=O)Nc1ccccc1C(=O)NCc1ccc2c(c1)OCO2. The Morgan fingerprint density at radius 1 is 1.12 bits per heavy atom. The van der Waals surface area contributed by atoms with E-state index in [-0.39, 0.29) is 30.5 Å². The van der Waals surface area contributed by atoms with Gasteiger partial charge in [-0.1, -0.05) is 18.2 Å². The summed E-state index contributed by atoms with van der Waals surface area (Å²) in [6.45, 7) is 0.471. The smallest absolute Gasteiger partial charge is 0.253 e. The topological polar surface area (TPSA) is 93.7 Å². The van der Waals surface area contributed by atoms with E-state index in [1.54, 1.807) is 30.3 Å². The Bertz CT molecular complexity index is 880. The Labute approximate surface area is 139 Å². The van der Waals surface area contributed by atoms with Crippen LogP contribution in [0.15, 0.2) is 42.5 Å². The Hall–Kier alpha value is -2.74. The maximum Gasteiger partial charge on any atom is 0.253 e. The summed E-state index contributed by atoms with van der Waals surface area (Å²) in [5.41, 5.74) is 1.34. The number of carbonyl (C=O) groups is 1. The first-order valence-electron chi connectivity index (χ1n) is 7.16. The van der Waals surface area contributed by atoms with Gasteiger partial charge in [0.1, 0.15) is 0 Å². The fourth-order valence-corrected chi connectivity index (χ4v) is 2.88. The van der Waals surface area contributed by atoms with Crippen LogP contribution < -0.4 is 19.5 Å². The van der Waals surface area contributed by atoms with Gasteiger partial charge in [0.05, 0.1) is 17.5 Å². The summed E-state index contributed by atoms with van der Waals surface area (Å²) in [7, 11) is -3.47. The van der Waals surface area contributed by atoms with Gasteiger partial charge in [0.25, 0.3) is 5.91 Å². The molecule has 0 unspecified atom stereocenters. The van der Waals surface area contributed by atoms with Crippen LogP contribution in [0.5, 0.6) is 11.5 Å². The highest BCUT2D eigenvalue weighted by molar-refractivity contribution is 7.92. The number of anilines is 1. The first-order valence-corrected chi connectivity index (χ1v) is 9.05. The molecule has 0 atom stereocenters. The van der Waals surface area contributed by atoms with E-state index in [0.29, 0.717) is 11.5 Å². The van der Waals surface area contributed by atoms with Crippen molar-refractivity contribution in [2.24, 2.45) is 0 Å². The number of amides is 1. The maximum absolute atomic E-state index is 12.4. The Morgan fingerprint density at radius 3 is 2.67 bits per heavy atom. The van der Waals surface area contributed by atoms with E-state index in [0.717, 1.165) is 11.8 Å². The highest BCUT2D eigenvalue weighted by Crippen LogP contribution is 2.32. The molecule has 2 N–H and O–H groups in total. The molecule has 126 valence electrons. The van der Waals surface area contributed by atoms with Crippen LogP contribution in [0.2, 0.25) is 0 Å². The molecule has 0 aromatic heterocycles. The number of sulfonamides is 1. The van der Waals surface area contributed by atoms with Gasteiger partial charge in [-0.25, -0.2) is 8.42 Å². The van der Waals surface area contributed by atoms with Crippen molar-refractivity contribution in [1.82, 2.24) is 5.32 Å². The predicted molar refractivity (Wildman–Crippen MR) is 88.6 cm³/mol. The van der Waals surface area contributed by atoms with Crippen molar-refractivity contribution < 1.29 is 22.7 Å². The largest absolute Gasteiger partial charge is 0.454 e. The van der Waals surface area contributed by atoms with E-state index < -0.39 is 10.0 Å². The second-order valence-corrected chi connectivity index (χ2v) is 7.04. The average molecular weight is 348 g/mol. The predicted octanol–water partition coefficient (Wildman–Crippen LogP) is 1.72. The van der Waals surface area contributed by atoms with Crippen LogP contribution in [0.1, 0.15) is 15.9 Å². The van der Waals surface area contributed by atoms with Crippen molar-refractivity contribution in [1.29, 1.82) is 0 Å². The van der Waals surface area contributed by atoms with Gasteiger partial charge in [0.15, 0.2) is 11.5 Å². The summed E-state index contributed by atoms with van der Waals surface area (Å²) < 4.78 is 35.7. The van der Waals surface area contributed by atoms with Crippen molar-refractivity contribution in [2.45, 2.75) is 6.54 Å². The van der Waals surface area contributed by atoms with Crippen LogP contribution in [0, 0.1) is 0 Å². The molecule has 3 rings (SSSR count). The normalized spacial score (nSPS) is 12.7. The lowest BCUT2D eigenvalue weighted by Gasteiger charge is -2.11. The zero-order chi connectivity index (χ0) is 17.2. The summed E-state index contributed by atoms with van der Waals surface area (Å²) in [4.78, 5) is 12.4. The molecular weight excluding hydrogens is 332 g/mol. The summed E-state index contributed by atoms with van der Waals surface area (Å²) >= 11 is 0. The first kappa shape index (κ1) is 16.1. The summed E-state index contributed by atoms with van der Waals surface area (Å²) in [5, 5.41) is 2.76. The van der Waals surface area contributed by atoms with E-state index in [9.17, 15) is 13.2 Å². The molecule has 2 aromatic rings. The molecule has 0 fully saturated rings. The zero-order valence-electron chi connectivity index (χ0n) is 12.9. The van der Waals surface area contributed by atoms with E-state index in [1.807, 2.05) is 6.07 Å². The van der Waals surface area contributed by atoms with Crippen LogP contribution in [0.4, 0.5) is 5.69 Å². The van der Waals surface area contributed by atoms with Gasteiger partial charge in [-0.05, 0) is 29.8 Å². The third-order valence-corrected chi connectivity index (χ3v) is 3.95. The van der Waals surface area contributed by atoms with Crippen LogP contribution in [-0.2, 0) is 16.6 Å². The number of para-hydroxylation sites is 1. The van der Waals surface area contributed by atoms with Crippen molar-refractivity contribution in [2.75, 3.05) is 17.8 Å². The van der Waals surface area contributed by atoms with Crippen molar-refractivity contribution in [3.05, 3.63) is 53.6 Å². The average Bonchev–Trinajstić information content (AvgIpc) is 2.99. The molecule has 0 saturated heterocycles. The molecule has 1 amide bonds. The molecule has 1 aliphatic rings. The highest BCUT2D eigenvalue weighted by atomic mass is 32.2. The van der Waals surface area contributed by atoms with Gasteiger partial charge >= 0.3 is 0 Å². The molecule has 0 radical (unpaired) electrons. The van der Waals surface area contributed by atoms with Crippen LogP contribution in [-0.4, -0.2) is 27.4 Å². The highest BCUT2D eigenvalue weighted by Gasteiger charge is 2.15. The van der Waals surface area contributed by atoms with E-state index in [4.69, 9.17) is 9.47 Å². The molecule has 24 heavy (non-hydrogen) atoms. The Kier molecular flexibility index (Phi) is 4.30. The number of rotatable bonds is 5. The van der Waals surface area contributed by atoms with Crippen LogP contribution in [0.3, 0.4) is 0 Å². The molecule has 0 spiro atoms. The summed E-state index contributed by atoms with van der Waals surface area (Å²) in [5.74, 6) is 0.938. The number of fused-ring (bicyclic) bond motifs is 1. The van der Waals surface area contributed by atoms with Gasteiger partial charge in [-0.15, -0.1) is 0 Å². The molecule has 1 heterocycles. The fraction of sp³-hybridized carbons (Fsp3) is 0.188. The van der Waals surface area contributed by atoms with Gasteiger partial charge < -0.3 is 14.8 Å². The molecule has 2 aromatic carbocycles. The van der Waals surface area contributed by atoms with Crippen LogP contribution in [0.25, 0.3) is 0 Å². The van der Waals surface area contributed by atoms with E-state index >= 15 is 0 Å². The lowest BCUT2D eigenvalue weighted by molar-refractivity contribution is 0.0951. The molecule has 7 nitrogen and oxygen atoms in total. The monoisotopic (exact) mass is 348 g/mol. The second kappa shape index (κ2) is 6.40. The van der Waals surface area contributed by atoms with Crippen molar-refractivity contribution in [3.8, 4) is 11.5 Å². The fourth-order valence-electron chi connectivity index (χ4n) is 2.30. The van der Waals surface area contributed by atoms with Crippen molar-refractivity contribution in [3.63, 3.8) is 0 Å². The number of nitrogens with one attached hydrogen (secondary N) is 2. The van der Waals surface area contributed by atoms with Gasteiger partial charge in [0, 0.05) is 6.54 Å². The van der Waals surface area contributed by atoms with Crippen molar-refractivity contribution >= 4 is 21.6 Å². The Balaban J connectivity index is 1.71. The lowest BCUT2D eigenvalue weighted by atomic mass is 10.1.